The van der Waals surface area contributed by atoms with Crippen molar-refractivity contribution in [2.75, 3.05) is 0 Å². The molecule has 7 nitrogen and oxygen atoms in total. The smallest absolute Gasteiger partial charge is 0.657 e. The number of nitrogens with zero attached hydrogens (tertiary/aromatic N) is 5. The van der Waals surface area contributed by atoms with Crippen LogP contribution in [0, 0.1) is 10.1 Å². The van der Waals surface area contributed by atoms with Gasteiger partial charge in [0.25, 0.3) is 5.70 Å². The van der Waals surface area contributed by atoms with Crippen molar-refractivity contribution >= 4 is 46.0 Å². The molecule has 0 saturated carbocycles. The molecule has 443 valence electrons. The van der Waals surface area contributed by atoms with E-state index < -0.39 is 0 Å². The van der Waals surface area contributed by atoms with Gasteiger partial charge in [-0.05, 0) is 144 Å². The van der Waals surface area contributed by atoms with Gasteiger partial charge < -0.3 is 9.97 Å². The molecule has 2 aliphatic heterocycles. The van der Waals surface area contributed by atoms with E-state index in [2.05, 4.69) is 269 Å². The normalized spacial score (nSPS) is 13.7. The predicted molar refractivity (Wildman–Crippen MR) is 354 cm³/mol. The minimum Gasteiger partial charge on any atom is -0.657 e. The van der Waals surface area contributed by atoms with Gasteiger partial charge in [0.05, 0.1) is 22.0 Å². The van der Waals surface area contributed by atoms with Crippen LogP contribution < -0.4 is 9.97 Å². The molecule has 0 amide bonds. The van der Waals surface area contributed by atoms with E-state index in [1.807, 2.05) is 6.07 Å². The van der Waals surface area contributed by atoms with Crippen LogP contribution in [0.2, 0.25) is 0 Å². The fourth-order valence-electron chi connectivity index (χ4n) is 11.0. The van der Waals surface area contributed by atoms with E-state index in [-0.39, 0.29) is 76.7 Å². The van der Waals surface area contributed by atoms with Crippen molar-refractivity contribution in [1.82, 2.24) is 19.9 Å². The fourth-order valence-corrected chi connectivity index (χ4v) is 11.0. The Kier molecular flexibility index (Phi) is 16.2. The average molecular weight is 1170 g/mol. The van der Waals surface area contributed by atoms with Gasteiger partial charge in [0.1, 0.15) is 5.69 Å². The van der Waals surface area contributed by atoms with Crippen molar-refractivity contribution in [3.63, 3.8) is 0 Å². The molecule has 84 heavy (non-hydrogen) atoms. The zero-order valence-electron chi connectivity index (χ0n) is 54.8. The minimum absolute atomic E-state index is 0. The first-order valence-electron chi connectivity index (χ1n) is 29.9. The molecule has 7 aromatic rings. The number of aromatic nitrogens is 4. The first-order valence-corrected chi connectivity index (χ1v) is 29.9. The second-order valence-corrected chi connectivity index (χ2v) is 32.0. The molecule has 0 atom stereocenters. The van der Waals surface area contributed by atoms with Crippen LogP contribution >= 0.6 is 0 Å². The van der Waals surface area contributed by atoms with Crippen molar-refractivity contribution in [2.45, 2.75) is 209 Å². The maximum Gasteiger partial charge on any atom is 2.00 e. The second kappa shape index (κ2) is 21.4. The summed E-state index contributed by atoms with van der Waals surface area (Å²) in [5.74, 6) is 0. The molecule has 0 unspecified atom stereocenters. The Morgan fingerprint density at radius 2 is 0.560 bits per heavy atom. The number of hydrogen-bond acceptors (Lipinski definition) is 4. The number of benzene rings is 4. The minimum atomic E-state index is -0.268. The number of hydrogen-bond donors (Lipinski definition) is 0. The average Bonchev–Trinajstić information content (AvgIpc) is 2.94. The van der Waals surface area contributed by atoms with Gasteiger partial charge in [-0.3, -0.25) is 10.1 Å². The number of rotatable bonds is 5. The summed E-state index contributed by atoms with van der Waals surface area (Å²) in [5.41, 5.74) is 19.3. The monoisotopic (exact) mass is 1170 g/mol. The zero-order valence-corrected chi connectivity index (χ0v) is 55.8. The van der Waals surface area contributed by atoms with Crippen molar-refractivity contribution in [2.24, 2.45) is 0 Å². The maximum atomic E-state index is 14.1. The Morgan fingerprint density at radius 3 is 0.798 bits per heavy atom. The van der Waals surface area contributed by atoms with Crippen LogP contribution in [-0.2, 0) is 60.4 Å². The molecule has 0 fully saturated rings. The Balaban J connectivity index is 0.00000920. The summed E-state index contributed by atoms with van der Waals surface area (Å²) >= 11 is 0. The maximum absolute atomic E-state index is 14.1. The first kappa shape index (κ1) is 63.4. The van der Waals surface area contributed by atoms with Gasteiger partial charge in [0.15, 0.2) is 0 Å². The van der Waals surface area contributed by atoms with Crippen molar-refractivity contribution < 1.29 is 22.0 Å². The van der Waals surface area contributed by atoms with E-state index in [9.17, 15) is 10.1 Å². The Bertz CT molecular complexity index is 3880. The van der Waals surface area contributed by atoms with Crippen LogP contribution in [0.4, 0.5) is 0 Å². The molecule has 0 saturated heterocycles. The van der Waals surface area contributed by atoms with E-state index in [4.69, 9.17) is 19.9 Å². The van der Waals surface area contributed by atoms with Crippen LogP contribution in [-0.4, -0.2) is 14.9 Å². The van der Waals surface area contributed by atoms with Crippen molar-refractivity contribution in [1.29, 1.82) is 0 Å². The van der Waals surface area contributed by atoms with Crippen molar-refractivity contribution in [3.8, 4) is 44.5 Å². The molecule has 5 heterocycles. The Morgan fingerprint density at radius 1 is 0.333 bits per heavy atom. The van der Waals surface area contributed by atoms with Gasteiger partial charge in [-0.15, -0.1) is 22.1 Å². The van der Waals surface area contributed by atoms with Crippen LogP contribution in [0.15, 0.2) is 97.1 Å². The number of nitro groups is 1. The molecular weight excluding hydrogens is 1080 g/mol. The largest absolute Gasteiger partial charge is 2.00 e. The quantitative estimate of drug-likeness (QED) is 0.0967. The SMILES string of the molecule is CC(C)(C)c1cc(-c2c3nc(c(-c4cc(C(C)(C)C)cc(C(C)(C)C)c4)c4ccc([n-]4)c(-c4cc(C(C)(C)C)cc(C(C)(C)C)c4)c4nc(c(-c5cc(C(C)(C)C)cc(C(C)(C)C)c5)c5ccc2[n-]5)C=C4[N+](=O)[O-])C=C3)cc(C(C)(C)C)c1.[Cu+2]. The Labute approximate surface area is 513 Å². The summed E-state index contributed by atoms with van der Waals surface area (Å²) in [6.45, 7) is 53.9. The van der Waals surface area contributed by atoms with Crippen LogP contribution in [0.25, 0.3) is 90.5 Å². The van der Waals surface area contributed by atoms with E-state index in [0.29, 0.717) is 33.4 Å². The summed E-state index contributed by atoms with van der Waals surface area (Å²) in [7, 11) is 0. The molecule has 0 aliphatic carbocycles. The first-order chi connectivity index (χ1) is 38.0. The third-order valence-corrected chi connectivity index (χ3v) is 16.7. The summed E-state index contributed by atoms with van der Waals surface area (Å²) in [6.07, 6.45) is 5.98. The third kappa shape index (κ3) is 12.8. The van der Waals surface area contributed by atoms with Gasteiger partial charge in [-0.25, -0.2) is 9.97 Å². The van der Waals surface area contributed by atoms with E-state index in [0.717, 1.165) is 72.5 Å². The van der Waals surface area contributed by atoms with Crippen LogP contribution in [0.5, 0.6) is 0 Å². The molecule has 9 rings (SSSR count). The zero-order chi connectivity index (χ0) is 61.3. The number of fused-ring (bicyclic) bond motifs is 8. The molecular formula is C76H91CuN5O2. The van der Waals surface area contributed by atoms with Gasteiger partial charge in [0, 0.05) is 6.08 Å². The Hall–Kier alpha value is -6.60. The standard InChI is InChI=1S/C76H91N5O2.Cu/c1-69(2,3)48-31-44(32-49(39-48)70(4,5)6)64-56-25-26-57(77-56)65(45-33-50(71(7,8)9)40-51(34-45)72(10,11)12)59-29-30-61(79-59)67(47-37-54(75(19,20)21)42-55(38-47)76(22,23)24)68-63(81(82)83)43-62(80-68)66(60-28-27-58(64)78-60)46-35-52(73(13,14)15)41-53(36-46)74(16,17)18;/h25-43H,1-24H3;/q-2;+2. The molecule has 3 aromatic heterocycles. The van der Waals surface area contributed by atoms with Crippen molar-refractivity contribution in [3.05, 3.63) is 174 Å². The molecule has 8 bridgehead atoms. The van der Waals surface area contributed by atoms with Gasteiger partial charge >= 0.3 is 17.1 Å². The van der Waals surface area contributed by atoms with E-state index in [1.54, 1.807) is 6.08 Å². The predicted octanol–water partition coefficient (Wildman–Crippen LogP) is 20.6. The topological polar surface area (TPSA) is 97.1 Å². The third-order valence-electron chi connectivity index (χ3n) is 16.7. The summed E-state index contributed by atoms with van der Waals surface area (Å²) in [5, 5.41) is 14.1. The second-order valence-electron chi connectivity index (χ2n) is 32.0. The molecule has 4 aromatic carbocycles. The fraction of sp³-hybridized carbons (Fsp3) is 0.421. The van der Waals surface area contributed by atoms with Crippen LogP contribution in [0.1, 0.15) is 233 Å². The molecule has 8 heteroatoms. The summed E-state index contributed by atoms with van der Waals surface area (Å²) in [4.78, 5) is 36.7. The van der Waals surface area contributed by atoms with E-state index >= 15 is 0 Å². The van der Waals surface area contributed by atoms with E-state index in [1.165, 1.54) is 22.3 Å². The van der Waals surface area contributed by atoms with Gasteiger partial charge in [-0.1, -0.05) is 263 Å². The molecule has 0 spiro atoms. The summed E-state index contributed by atoms with van der Waals surface area (Å²) in [6, 6.07) is 35.7. The van der Waals surface area contributed by atoms with Gasteiger partial charge in [0.2, 0.25) is 0 Å². The summed E-state index contributed by atoms with van der Waals surface area (Å²) < 4.78 is 0. The molecule has 1 radical (unpaired) electrons. The van der Waals surface area contributed by atoms with Gasteiger partial charge in [-0.2, -0.15) is 0 Å². The molecule has 0 N–H and O–H groups in total. The molecule has 2 aliphatic rings. The van der Waals surface area contributed by atoms with Crippen LogP contribution in [0.3, 0.4) is 0 Å².